The molecule has 2 atom stereocenters. The maximum Gasteiger partial charge on any atom is 0.289 e. The van der Waals surface area contributed by atoms with Gasteiger partial charge in [0.15, 0.2) is 5.76 Å². The molecule has 1 aromatic carbocycles. The molecule has 1 aliphatic rings. The molecule has 1 saturated heterocycles. The zero-order valence-electron chi connectivity index (χ0n) is 14.2. The van der Waals surface area contributed by atoms with Gasteiger partial charge in [0.2, 0.25) is 0 Å². The van der Waals surface area contributed by atoms with Gasteiger partial charge in [-0.15, -0.1) is 12.4 Å². The van der Waals surface area contributed by atoms with E-state index in [1.165, 1.54) is 5.56 Å². The molecule has 2 unspecified atom stereocenters. The molecule has 1 aromatic heterocycles. The maximum atomic E-state index is 12.7. The van der Waals surface area contributed by atoms with Crippen LogP contribution in [0.3, 0.4) is 0 Å². The van der Waals surface area contributed by atoms with Crippen molar-refractivity contribution in [3.63, 3.8) is 0 Å². The number of nitrogens with two attached hydrogens (primary N) is 1. The standard InChI is InChI=1S/C19H24N2O2.ClH/c1-3-14-4-6-16(7-5-14)17-8-9-18(23-17)19(22)21-12-15(11-20)10-13(21)2;/h4-9,13,15H,3,10-12,20H2,1-2H3;1H. The zero-order chi connectivity index (χ0) is 16.4. The number of aryl methyl sites for hydroxylation is 1. The van der Waals surface area contributed by atoms with E-state index in [1.807, 2.05) is 23.1 Å². The average Bonchev–Trinajstić information content (AvgIpc) is 3.21. The molecule has 2 N–H and O–H groups in total. The van der Waals surface area contributed by atoms with Gasteiger partial charge in [-0.3, -0.25) is 4.79 Å². The van der Waals surface area contributed by atoms with Crippen molar-refractivity contribution in [1.29, 1.82) is 0 Å². The average molecular weight is 349 g/mol. The van der Waals surface area contributed by atoms with Crippen molar-refractivity contribution in [2.75, 3.05) is 13.1 Å². The largest absolute Gasteiger partial charge is 0.451 e. The van der Waals surface area contributed by atoms with Crippen LogP contribution >= 0.6 is 12.4 Å². The lowest BCUT2D eigenvalue weighted by atomic mass is 10.1. The van der Waals surface area contributed by atoms with Gasteiger partial charge < -0.3 is 15.1 Å². The van der Waals surface area contributed by atoms with Crippen LogP contribution in [0.15, 0.2) is 40.8 Å². The quantitative estimate of drug-likeness (QED) is 0.915. The molecule has 0 bridgehead atoms. The minimum absolute atomic E-state index is 0. The van der Waals surface area contributed by atoms with Gasteiger partial charge in [-0.05, 0) is 49.9 Å². The van der Waals surface area contributed by atoms with Gasteiger partial charge >= 0.3 is 0 Å². The molecule has 5 heteroatoms. The van der Waals surface area contributed by atoms with Gasteiger partial charge in [0, 0.05) is 18.2 Å². The Bertz CT molecular complexity index is 681. The van der Waals surface area contributed by atoms with E-state index in [9.17, 15) is 4.79 Å². The second kappa shape index (κ2) is 7.86. The summed E-state index contributed by atoms with van der Waals surface area (Å²) in [5.74, 6) is 1.50. The summed E-state index contributed by atoms with van der Waals surface area (Å²) in [7, 11) is 0. The highest BCUT2D eigenvalue weighted by Gasteiger charge is 2.33. The topological polar surface area (TPSA) is 59.5 Å². The summed E-state index contributed by atoms with van der Waals surface area (Å²) in [4.78, 5) is 14.5. The number of halogens is 1. The number of hydrogen-bond acceptors (Lipinski definition) is 3. The van der Waals surface area contributed by atoms with Crippen LogP contribution in [-0.4, -0.2) is 29.9 Å². The van der Waals surface area contributed by atoms with E-state index in [1.54, 1.807) is 6.07 Å². The zero-order valence-corrected chi connectivity index (χ0v) is 15.0. The molecular weight excluding hydrogens is 324 g/mol. The predicted molar refractivity (Wildman–Crippen MR) is 98.4 cm³/mol. The van der Waals surface area contributed by atoms with E-state index in [2.05, 4.69) is 26.0 Å². The SMILES string of the molecule is CCc1ccc(-c2ccc(C(=O)N3CC(CN)CC3C)o2)cc1.Cl. The van der Waals surface area contributed by atoms with E-state index < -0.39 is 0 Å². The van der Waals surface area contributed by atoms with Gasteiger partial charge in [0.05, 0.1) is 0 Å². The maximum absolute atomic E-state index is 12.7. The molecule has 1 aliphatic heterocycles. The van der Waals surface area contributed by atoms with E-state index in [4.69, 9.17) is 10.2 Å². The molecule has 0 spiro atoms. The fourth-order valence-corrected chi connectivity index (χ4v) is 3.25. The number of hydrogen-bond donors (Lipinski definition) is 1. The summed E-state index contributed by atoms with van der Waals surface area (Å²) in [5.41, 5.74) is 8.02. The third kappa shape index (κ3) is 3.65. The highest BCUT2D eigenvalue weighted by molar-refractivity contribution is 5.92. The summed E-state index contributed by atoms with van der Waals surface area (Å²) in [6, 6.07) is 12.1. The fraction of sp³-hybridized carbons (Fsp3) is 0.421. The number of carbonyl (C=O) groups excluding carboxylic acids is 1. The lowest BCUT2D eigenvalue weighted by molar-refractivity contribution is 0.0712. The minimum atomic E-state index is -0.0371. The van der Waals surface area contributed by atoms with Crippen molar-refractivity contribution < 1.29 is 9.21 Å². The molecule has 0 saturated carbocycles. The van der Waals surface area contributed by atoms with Crippen LogP contribution in [0.25, 0.3) is 11.3 Å². The van der Waals surface area contributed by atoms with Crippen LogP contribution in [-0.2, 0) is 6.42 Å². The van der Waals surface area contributed by atoms with Gasteiger partial charge in [-0.2, -0.15) is 0 Å². The highest BCUT2D eigenvalue weighted by Crippen LogP contribution is 2.27. The Balaban J connectivity index is 0.00000208. The Morgan fingerprint density at radius 2 is 1.96 bits per heavy atom. The third-order valence-electron chi connectivity index (χ3n) is 4.72. The number of amides is 1. The Hall–Kier alpha value is -1.78. The first kappa shape index (κ1) is 18.6. The molecule has 4 nitrogen and oxygen atoms in total. The Labute approximate surface area is 149 Å². The predicted octanol–water partition coefficient (Wildman–Crippen LogP) is 3.74. The molecule has 0 aliphatic carbocycles. The summed E-state index contributed by atoms with van der Waals surface area (Å²) < 4.78 is 5.81. The normalized spacial score (nSPS) is 20.0. The van der Waals surface area contributed by atoms with Gasteiger partial charge in [0.1, 0.15) is 5.76 Å². The van der Waals surface area contributed by atoms with E-state index in [-0.39, 0.29) is 24.4 Å². The van der Waals surface area contributed by atoms with Crippen molar-refractivity contribution in [2.24, 2.45) is 11.7 Å². The fourth-order valence-electron chi connectivity index (χ4n) is 3.25. The Kier molecular flexibility index (Phi) is 6.08. The van der Waals surface area contributed by atoms with Crippen molar-refractivity contribution in [3.05, 3.63) is 47.7 Å². The summed E-state index contributed by atoms with van der Waals surface area (Å²) in [6.07, 6.45) is 1.98. The molecule has 1 amide bonds. The molecule has 2 aromatic rings. The second-order valence-electron chi connectivity index (χ2n) is 6.36. The van der Waals surface area contributed by atoms with Crippen molar-refractivity contribution >= 4 is 18.3 Å². The minimum Gasteiger partial charge on any atom is -0.451 e. The molecule has 1 fully saturated rings. The number of rotatable bonds is 4. The van der Waals surface area contributed by atoms with Crippen LogP contribution in [0.4, 0.5) is 0 Å². The van der Waals surface area contributed by atoms with Crippen molar-refractivity contribution in [2.45, 2.75) is 32.7 Å². The summed E-state index contributed by atoms with van der Waals surface area (Å²) in [6.45, 7) is 5.55. The highest BCUT2D eigenvalue weighted by atomic mass is 35.5. The molecule has 3 rings (SSSR count). The first-order valence-corrected chi connectivity index (χ1v) is 8.32. The van der Waals surface area contributed by atoms with Crippen LogP contribution in [0.2, 0.25) is 0 Å². The van der Waals surface area contributed by atoms with Crippen LogP contribution in [0, 0.1) is 5.92 Å². The molecule has 2 heterocycles. The van der Waals surface area contributed by atoms with Crippen molar-refractivity contribution in [1.82, 2.24) is 4.90 Å². The van der Waals surface area contributed by atoms with E-state index >= 15 is 0 Å². The van der Waals surface area contributed by atoms with Gasteiger partial charge in [-0.1, -0.05) is 31.2 Å². The van der Waals surface area contributed by atoms with Gasteiger partial charge in [-0.25, -0.2) is 0 Å². The van der Waals surface area contributed by atoms with Gasteiger partial charge in [0.25, 0.3) is 5.91 Å². The number of nitrogens with zero attached hydrogens (tertiary/aromatic N) is 1. The number of carbonyl (C=O) groups is 1. The van der Waals surface area contributed by atoms with Crippen molar-refractivity contribution in [3.8, 4) is 11.3 Å². The molecule has 0 radical (unpaired) electrons. The second-order valence-corrected chi connectivity index (χ2v) is 6.36. The Morgan fingerprint density at radius 1 is 1.25 bits per heavy atom. The Morgan fingerprint density at radius 3 is 2.54 bits per heavy atom. The molecule has 130 valence electrons. The lowest BCUT2D eigenvalue weighted by Crippen LogP contribution is -2.34. The summed E-state index contributed by atoms with van der Waals surface area (Å²) in [5, 5.41) is 0. The number of likely N-dealkylation sites (tertiary alicyclic amines) is 1. The number of furan rings is 1. The lowest BCUT2D eigenvalue weighted by Gasteiger charge is -2.20. The van der Waals surface area contributed by atoms with E-state index in [0.717, 1.165) is 30.7 Å². The van der Waals surface area contributed by atoms with Crippen LogP contribution < -0.4 is 5.73 Å². The smallest absolute Gasteiger partial charge is 0.289 e. The molecular formula is C19H25ClN2O2. The monoisotopic (exact) mass is 348 g/mol. The van der Waals surface area contributed by atoms with Crippen LogP contribution in [0.1, 0.15) is 36.4 Å². The first-order chi connectivity index (χ1) is 11.1. The molecule has 24 heavy (non-hydrogen) atoms. The van der Waals surface area contributed by atoms with Crippen LogP contribution in [0.5, 0.6) is 0 Å². The number of benzene rings is 1. The first-order valence-electron chi connectivity index (χ1n) is 8.32. The van der Waals surface area contributed by atoms with E-state index in [0.29, 0.717) is 18.2 Å². The third-order valence-corrected chi connectivity index (χ3v) is 4.72. The summed E-state index contributed by atoms with van der Waals surface area (Å²) >= 11 is 0.